The fourth-order valence-electron chi connectivity index (χ4n) is 3.50. The summed E-state index contributed by atoms with van der Waals surface area (Å²) in [6.45, 7) is 7.71. The quantitative estimate of drug-likeness (QED) is 0.716. The predicted molar refractivity (Wildman–Crippen MR) is 88.1 cm³/mol. The third kappa shape index (κ3) is 4.34. The third-order valence-corrected chi connectivity index (χ3v) is 4.93. The van der Waals surface area contributed by atoms with Gasteiger partial charge in [-0.3, -0.25) is 0 Å². The Kier molecular flexibility index (Phi) is 6.09. The van der Waals surface area contributed by atoms with Crippen molar-refractivity contribution in [1.82, 2.24) is 5.32 Å². The molecule has 0 bridgehead atoms. The molecule has 2 rings (SSSR count). The highest BCUT2D eigenvalue weighted by molar-refractivity contribution is 5.31. The first-order chi connectivity index (χ1) is 9.70. The lowest BCUT2D eigenvalue weighted by atomic mass is 9.88. The molecule has 1 aromatic carbocycles. The molecule has 1 N–H and O–H groups in total. The normalized spacial score (nSPS) is 18.8. The molecule has 1 nitrogen and oxygen atoms in total. The summed E-state index contributed by atoms with van der Waals surface area (Å²) in [5, 5.41) is 3.71. The number of hydrogen-bond acceptors (Lipinski definition) is 1. The number of aryl methyl sites for hydroxylation is 2. The van der Waals surface area contributed by atoms with Crippen molar-refractivity contribution in [2.75, 3.05) is 6.54 Å². The average molecular weight is 273 g/mol. The Hall–Kier alpha value is -0.820. The van der Waals surface area contributed by atoms with Crippen molar-refractivity contribution in [3.05, 3.63) is 34.9 Å². The minimum absolute atomic E-state index is 0.544. The van der Waals surface area contributed by atoms with Crippen LogP contribution in [0.1, 0.15) is 74.6 Å². The molecule has 1 unspecified atom stereocenters. The van der Waals surface area contributed by atoms with Gasteiger partial charge in [0.2, 0.25) is 0 Å². The van der Waals surface area contributed by atoms with E-state index < -0.39 is 0 Å². The lowest BCUT2D eigenvalue weighted by Gasteiger charge is -2.24. The van der Waals surface area contributed by atoms with Crippen LogP contribution in [0.15, 0.2) is 18.2 Å². The SMILES string of the molecule is CCNC(CC1CCCCCC1)c1ccc(C)c(C)c1. The van der Waals surface area contributed by atoms with E-state index >= 15 is 0 Å². The number of nitrogens with one attached hydrogen (secondary N) is 1. The molecule has 0 saturated heterocycles. The fraction of sp³-hybridized carbons (Fsp3) is 0.684. The second-order valence-electron chi connectivity index (χ2n) is 6.55. The highest BCUT2D eigenvalue weighted by Gasteiger charge is 2.19. The molecular weight excluding hydrogens is 242 g/mol. The van der Waals surface area contributed by atoms with Crippen molar-refractivity contribution >= 4 is 0 Å². The fourth-order valence-corrected chi connectivity index (χ4v) is 3.50. The summed E-state index contributed by atoms with van der Waals surface area (Å²) in [6.07, 6.45) is 9.97. The summed E-state index contributed by atoms with van der Waals surface area (Å²) >= 11 is 0. The smallest absolute Gasteiger partial charge is 0.0322 e. The van der Waals surface area contributed by atoms with Crippen molar-refractivity contribution in [2.45, 2.75) is 71.8 Å². The van der Waals surface area contributed by atoms with Crippen molar-refractivity contribution < 1.29 is 0 Å². The summed E-state index contributed by atoms with van der Waals surface area (Å²) in [6, 6.07) is 7.54. The molecule has 0 spiro atoms. The maximum atomic E-state index is 3.71. The van der Waals surface area contributed by atoms with E-state index in [1.165, 1.54) is 61.6 Å². The zero-order chi connectivity index (χ0) is 14.4. The molecule has 1 saturated carbocycles. The van der Waals surface area contributed by atoms with E-state index in [0.29, 0.717) is 6.04 Å². The van der Waals surface area contributed by atoms with Crippen LogP contribution in [0.2, 0.25) is 0 Å². The molecule has 0 aliphatic heterocycles. The largest absolute Gasteiger partial charge is 0.310 e. The van der Waals surface area contributed by atoms with Gasteiger partial charge in [0.1, 0.15) is 0 Å². The van der Waals surface area contributed by atoms with Crippen LogP contribution in [0.3, 0.4) is 0 Å². The van der Waals surface area contributed by atoms with Crippen LogP contribution in [0, 0.1) is 19.8 Å². The summed E-state index contributed by atoms with van der Waals surface area (Å²) in [5.41, 5.74) is 4.31. The molecule has 112 valence electrons. The van der Waals surface area contributed by atoms with Crippen molar-refractivity contribution in [3.8, 4) is 0 Å². The van der Waals surface area contributed by atoms with Crippen LogP contribution >= 0.6 is 0 Å². The first-order valence-corrected chi connectivity index (χ1v) is 8.51. The molecule has 1 aliphatic carbocycles. The second kappa shape index (κ2) is 7.83. The zero-order valence-electron chi connectivity index (χ0n) is 13.5. The highest BCUT2D eigenvalue weighted by Crippen LogP contribution is 2.31. The summed E-state index contributed by atoms with van der Waals surface area (Å²) < 4.78 is 0. The Morgan fingerprint density at radius 2 is 1.75 bits per heavy atom. The Morgan fingerprint density at radius 3 is 2.35 bits per heavy atom. The van der Waals surface area contributed by atoms with Crippen molar-refractivity contribution in [3.63, 3.8) is 0 Å². The first kappa shape index (κ1) is 15.6. The van der Waals surface area contributed by atoms with Gasteiger partial charge in [0.25, 0.3) is 0 Å². The predicted octanol–water partition coefficient (Wildman–Crippen LogP) is 5.31. The Morgan fingerprint density at radius 1 is 1.05 bits per heavy atom. The van der Waals surface area contributed by atoms with Gasteiger partial charge in [-0.1, -0.05) is 63.6 Å². The standard InChI is InChI=1S/C19H31N/c1-4-20-19(14-17-9-7-5-6-8-10-17)18-12-11-15(2)16(3)13-18/h11-13,17,19-20H,4-10,14H2,1-3H3. The van der Waals surface area contributed by atoms with E-state index in [0.717, 1.165) is 12.5 Å². The summed E-state index contributed by atoms with van der Waals surface area (Å²) in [5.74, 6) is 0.920. The van der Waals surface area contributed by atoms with Crippen LogP contribution in [-0.4, -0.2) is 6.54 Å². The van der Waals surface area contributed by atoms with Gasteiger partial charge in [0.15, 0.2) is 0 Å². The molecule has 20 heavy (non-hydrogen) atoms. The molecule has 1 aromatic rings. The van der Waals surface area contributed by atoms with E-state index in [9.17, 15) is 0 Å². The number of benzene rings is 1. The molecule has 1 aliphatic rings. The monoisotopic (exact) mass is 273 g/mol. The second-order valence-corrected chi connectivity index (χ2v) is 6.55. The van der Waals surface area contributed by atoms with Crippen LogP contribution in [-0.2, 0) is 0 Å². The lowest BCUT2D eigenvalue weighted by Crippen LogP contribution is -2.23. The molecule has 0 amide bonds. The molecule has 0 aromatic heterocycles. The summed E-state index contributed by atoms with van der Waals surface area (Å²) in [7, 11) is 0. The Balaban J connectivity index is 2.06. The van der Waals surface area contributed by atoms with E-state index in [-0.39, 0.29) is 0 Å². The van der Waals surface area contributed by atoms with Gasteiger partial charge >= 0.3 is 0 Å². The van der Waals surface area contributed by atoms with Gasteiger partial charge in [-0.2, -0.15) is 0 Å². The van der Waals surface area contributed by atoms with E-state index in [1.54, 1.807) is 0 Å². The Labute approximate surface area is 125 Å². The molecule has 0 radical (unpaired) electrons. The van der Waals surface area contributed by atoms with Crippen molar-refractivity contribution in [1.29, 1.82) is 0 Å². The summed E-state index contributed by atoms with van der Waals surface area (Å²) in [4.78, 5) is 0. The number of hydrogen-bond donors (Lipinski definition) is 1. The molecule has 0 heterocycles. The molecule has 1 heteroatoms. The van der Waals surface area contributed by atoms with E-state index in [4.69, 9.17) is 0 Å². The minimum atomic E-state index is 0.544. The third-order valence-electron chi connectivity index (χ3n) is 4.93. The van der Waals surface area contributed by atoms with Gasteiger partial charge in [0, 0.05) is 6.04 Å². The van der Waals surface area contributed by atoms with Crippen LogP contribution in [0.5, 0.6) is 0 Å². The topological polar surface area (TPSA) is 12.0 Å². The lowest BCUT2D eigenvalue weighted by molar-refractivity contribution is 0.359. The number of rotatable bonds is 5. The van der Waals surface area contributed by atoms with Gasteiger partial charge in [-0.05, 0) is 49.4 Å². The average Bonchev–Trinajstić information content (AvgIpc) is 2.70. The van der Waals surface area contributed by atoms with Crippen LogP contribution in [0.25, 0.3) is 0 Å². The van der Waals surface area contributed by atoms with Gasteiger partial charge in [-0.15, -0.1) is 0 Å². The van der Waals surface area contributed by atoms with Crippen molar-refractivity contribution in [2.24, 2.45) is 5.92 Å². The first-order valence-electron chi connectivity index (χ1n) is 8.51. The zero-order valence-corrected chi connectivity index (χ0v) is 13.5. The van der Waals surface area contributed by atoms with Gasteiger partial charge < -0.3 is 5.32 Å². The minimum Gasteiger partial charge on any atom is -0.310 e. The van der Waals surface area contributed by atoms with Crippen LogP contribution < -0.4 is 5.32 Å². The van der Waals surface area contributed by atoms with E-state index in [2.05, 4.69) is 44.3 Å². The molecule has 1 atom stereocenters. The maximum Gasteiger partial charge on any atom is 0.0322 e. The maximum absolute atomic E-state index is 3.71. The van der Waals surface area contributed by atoms with E-state index in [1.807, 2.05) is 0 Å². The molecule has 1 fully saturated rings. The highest BCUT2D eigenvalue weighted by atomic mass is 14.9. The van der Waals surface area contributed by atoms with Gasteiger partial charge in [-0.25, -0.2) is 0 Å². The Bertz CT molecular complexity index is 402. The molecular formula is C19H31N. The van der Waals surface area contributed by atoms with Crippen LogP contribution in [0.4, 0.5) is 0 Å². The van der Waals surface area contributed by atoms with Gasteiger partial charge in [0.05, 0.1) is 0 Å².